The fourth-order valence-corrected chi connectivity index (χ4v) is 4.71. The molecule has 0 aliphatic carbocycles. The molecule has 0 aromatic heterocycles. The molecule has 2 aromatic carbocycles. The molecule has 1 heterocycles. The fraction of sp³-hybridized carbons (Fsp3) is 0.350. The minimum absolute atomic E-state index is 0.0104. The van der Waals surface area contributed by atoms with Gasteiger partial charge < -0.3 is 10.1 Å². The molecule has 150 valence electrons. The van der Waals surface area contributed by atoms with Gasteiger partial charge in [-0.05, 0) is 55.7 Å². The molecule has 0 saturated carbocycles. The van der Waals surface area contributed by atoms with E-state index in [9.17, 15) is 13.2 Å². The molecule has 1 atom stereocenters. The highest BCUT2D eigenvalue weighted by atomic mass is 35.5. The van der Waals surface area contributed by atoms with Crippen LogP contribution in [0.5, 0.6) is 0 Å². The minimum Gasteiger partial charge on any atom is -0.376 e. The summed E-state index contributed by atoms with van der Waals surface area (Å²) in [4.78, 5) is 12.6. The molecule has 1 aliphatic heterocycles. The Morgan fingerprint density at radius 2 is 1.93 bits per heavy atom. The Morgan fingerprint density at radius 1 is 1.21 bits per heavy atom. The highest BCUT2D eigenvalue weighted by molar-refractivity contribution is 7.92. The molecule has 6 nitrogen and oxygen atoms in total. The van der Waals surface area contributed by atoms with Gasteiger partial charge in [-0.1, -0.05) is 29.8 Å². The molecule has 8 heteroatoms. The number of nitrogens with zero attached hydrogens (tertiary/aromatic N) is 1. The normalized spacial score (nSPS) is 16.7. The lowest BCUT2D eigenvalue weighted by Crippen LogP contribution is -2.43. The van der Waals surface area contributed by atoms with Crippen LogP contribution in [0, 0.1) is 6.92 Å². The first-order chi connectivity index (χ1) is 13.4. The van der Waals surface area contributed by atoms with E-state index in [0.29, 0.717) is 23.9 Å². The van der Waals surface area contributed by atoms with Crippen LogP contribution in [0.2, 0.25) is 5.02 Å². The van der Waals surface area contributed by atoms with Crippen LogP contribution >= 0.6 is 11.6 Å². The van der Waals surface area contributed by atoms with Crippen molar-refractivity contribution in [3.05, 3.63) is 59.1 Å². The predicted molar refractivity (Wildman–Crippen MR) is 109 cm³/mol. The molecule has 1 saturated heterocycles. The van der Waals surface area contributed by atoms with Crippen molar-refractivity contribution < 1.29 is 17.9 Å². The molecule has 0 radical (unpaired) electrons. The third kappa shape index (κ3) is 4.84. The van der Waals surface area contributed by atoms with Gasteiger partial charge in [-0.15, -0.1) is 0 Å². The number of ether oxygens (including phenoxy) is 1. The van der Waals surface area contributed by atoms with Gasteiger partial charge in [0.2, 0.25) is 5.91 Å². The van der Waals surface area contributed by atoms with Crippen molar-refractivity contribution in [1.82, 2.24) is 5.32 Å². The first-order valence-electron chi connectivity index (χ1n) is 9.10. The third-order valence-electron chi connectivity index (χ3n) is 4.62. The third-order valence-corrected chi connectivity index (χ3v) is 6.65. The van der Waals surface area contributed by atoms with Gasteiger partial charge in [-0.25, -0.2) is 8.42 Å². The highest BCUT2D eigenvalue weighted by Gasteiger charge is 2.28. The van der Waals surface area contributed by atoms with Gasteiger partial charge in [0.15, 0.2) is 0 Å². The van der Waals surface area contributed by atoms with E-state index in [4.69, 9.17) is 16.3 Å². The number of rotatable bonds is 7. The number of para-hydroxylation sites is 1. The summed E-state index contributed by atoms with van der Waals surface area (Å²) in [6.07, 6.45) is 1.86. The van der Waals surface area contributed by atoms with Crippen molar-refractivity contribution in [2.75, 3.05) is 24.0 Å². The van der Waals surface area contributed by atoms with E-state index in [0.717, 1.165) is 22.7 Å². The number of amides is 1. The molecule has 0 bridgehead atoms. The molecule has 1 N–H and O–H groups in total. The summed E-state index contributed by atoms with van der Waals surface area (Å²) in [6.45, 7) is 2.56. The van der Waals surface area contributed by atoms with E-state index in [1.807, 2.05) is 19.1 Å². The van der Waals surface area contributed by atoms with E-state index in [1.165, 1.54) is 24.3 Å². The number of benzene rings is 2. The second kappa shape index (κ2) is 8.94. The quantitative estimate of drug-likeness (QED) is 0.743. The number of anilines is 1. The number of halogens is 1. The largest absolute Gasteiger partial charge is 0.376 e. The van der Waals surface area contributed by atoms with Gasteiger partial charge in [0, 0.05) is 18.2 Å². The second-order valence-corrected chi connectivity index (χ2v) is 8.99. The van der Waals surface area contributed by atoms with Crippen molar-refractivity contribution >= 4 is 33.2 Å². The lowest BCUT2D eigenvalue weighted by atomic mass is 10.2. The summed E-state index contributed by atoms with van der Waals surface area (Å²) in [7, 11) is -3.94. The van der Waals surface area contributed by atoms with Crippen LogP contribution in [0.4, 0.5) is 5.69 Å². The maximum atomic E-state index is 13.3. The Balaban J connectivity index is 1.86. The van der Waals surface area contributed by atoms with E-state index >= 15 is 0 Å². The highest BCUT2D eigenvalue weighted by Crippen LogP contribution is 2.27. The Kier molecular flexibility index (Phi) is 6.59. The van der Waals surface area contributed by atoms with Gasteiger partial charge >= 0.3 is 0 Å². The standard InChI is InChI=1S/C20H23ClN2O4S/c1-15-5-2-3-7-19(15)23(14-20(24)22-13-17-6-4-12-27-17)28(25,26)18-10-8-16(21)9-11-18/h2-3,5,7-11,17H,4,6,12-14H2,1H3,(H,22,24)/t17-/m1/s1. The van der Waals surface area contributed by atoms with Gasteiger partial charge in [0.1, 0.15) is 6.54 Å². The van der Waals surface area contributed by atoms with Crippen LogP contribution < -0.4 is 9.62 Å². The monoisotopic (exact) mass is 422 g/mol. The Labute approximate surface area is 170 Å². The summed E-state index contributed by atoms with van der Waals surface area (Å²) in [5, 5.41) is 3.23. The summed E-state index contributed by atoms with van der Waals surface area (Å²) in [5.41, 5.74) is 1.22. The molecule has 1 amide bonds. The van der Waals surface area contributed by atoms with E-state index in [2.05, 4.69) is 5.32 Å². The first-order valence-corrected chi connectivity index (χ1v) is 10.9. The summed E-state index contributed by atoms with van der Waals surface area (Å²) in [5.74, 6) is -0.378. The zero-order chi connectivity index (χ0) is 20.1. The number of hydrogen-bond donors (Lipinski definition) is 1. The summed E-state index contributed by atoms with van der Waals surface area (Å²) < 4.78 is 33.2. The van der Waals surface area contributed by atoms with Gasteiger partial charge in [-0.3, -0.25) is 9.10 Å². The van der Waals surface area contributed by atoms with Crippen LogP contribution in [0.25, 0.3) is 0 Å². The maximum Gasteiger partial charge on any atom is 0.264 e. The number of aryl methyl sites for hydroxylation is 1. The fourth-order valence-electron chi connectivity index (χ4n) is 3.10. The van der Waals surface area contributed by atoms with Crippen LogP contribution in [0.1, 0.15) is 18.4 Å². The minimum atomic E-state index is -3.94. The van der Waals surface area contributed by atoms with Crippen molar-refractivity contribution in [1.29, 1.82) is 0 Å². The van der Waals surface area contributed by atoms with Gasteiger partial charge in [0.25, 0.3) is 10.0 Å². The number of sulfonamides is 1. The van der Waals surface area contributed by atoms with Crippen LogP contribution in [-0.2, 0) is 19.6 Å². The number of carbonyl (C=O) groups is 1. The van der Waals surface area contributed by atoms with Crippen LogP contribution in [0.15, 0.2) is 53.4 Å². The Hall–Kier alpha value is -2.09. The van der Waals surface area contributed by atoms with E-state index in [-0.39, 0.29) is 23.5 Å². The molecular formula is C20H23ClN2O4S. The van der Waals surface area contributed by atoms with Crippen LogP contribution in [0.3, 0.4) is 0 Å². The zero-order valence-corrected chi connectivity index (χ0v) is 17.2. The van der Waals surface area contributed by atoms with Crippen molar-refractivity contribution in [3.63, 3.8) is 0 Å². The smallest absolute Gasteiger partial charge is 0.264 e. The first kappa shape index (κ1) is 20.6. The molecule has 1 aliphatic rings. The Bertz CT molecular complexity index is 925. The second-order valence-electron chi connectivity index (χ2n) is 6.69. The van der Waals surface area contributed by atoms with Gasteiger partial charge in [0.05, 0.1) is 16.7 Å². The molecule has 2 aromatic rings. The molecular weight excluding hydrogens is 400 g/mol. The average Bonchev–Trinajstić information content (AvgIpc) is 3.19. The molecule has 0 spiro atoms. The number of nitrogens with one attached hydrogen (secondary N) is 1. The van der Waals surface area contributed by atoms with Crippen molar-refractivity contribution in [2.24, 2.45) is 0 Å². The zero-order valence-electron chi connectivity index (χ0n) is 15.6. The average molecular weight is 423 g/mol. The molecule has 1 fully saturated rings. The number of hydrogen-bond acceptors (Lipinski definition) is 4. The molecule has 3 rings (SSSR count). The van der Waals surface area contributed by atoms with Gasteiger partial charge in [-0.2, -0.15) is 0 Å². The number of carbonyl (C=O) groups excluding carboxylic acids is 1. The SMILES string of the molecule is Cc1ccccc1N(CC(=O)NC[C@H]1CCCO1)S(=O)(=O)c1ccc(Cl)cc1. The van der Waals surface area contributed by atoms with Crippen molar-refractivity contribution in [2.45, 2.75) is 30.8 Å². The maximum absolute atomic E-state index is 13.3. The summed E-state index contributed by atoms with van der Waals surface area (Å²) in [6, 6.07) is 13.0. The Morgan fingerprint density at radius 3 is 2.57 bits per heavy atom. The van der Waals surface area contributed by atoms with Crippen LogP contribution in [-0.4, -0.2) is 40.1 Å². The summed E-state index contributed by atoms with van der Waals surface area (Å²) >= 11 is 5.89. The lowest BCUT2D eigenvalue weighted by molar-refractivity contribution is -0.120. The van der Waals surface area contributed by atoms with E-state index < -0.39 is 10.0 Å². The van der Waals surface area contributed by atoms with E-state index in [1.54, 1.807) is 12.1 Å². The molecule has 28 heavy (non-hydrogen) atoms. The topological polar surface area (TPSA) is 75.7 Å². The van der Waals surface area contributed by atoms with Crippen molar-refractivity contribution in [3.8, 4) is 0 Å². The predicted octanol–water partition coefficient (Wildman–Crippen LogP) is 3.14. The molecule has 0 unspecified atom stereocenters. The lowest BCUT2D eigenvalue weighted by Gasteiger charge is -2.26.